The summed E-state index contributed by atoms with van der Waals surface area (Å²) in [6.45, 7) is 17.6. The topological polar surface area (TPSA) is 155 Å². The first-order valence-corrected chi connectivity index (χ1v) is 17.5. The van der Waals surface area contributed by atoms with Crippen LogP contribution < -0.4 is 5.73 Å². The molecule has 0 saturated carbocycles. The second-order valence-electron chi connectivity index (χ2n) is 11.0. The third kappa shape index (κ3) is 4.63. The van der Waals surface area contributed by atoms with Crippen LogP contribution in [0.25, 0.3) is 21.6 Å². The molecule has 204 valence electrons. The normalized spacial score (nSPS) is 27.5. The van der Waals surface area contributed by atoms with Gasteiger partial charge in [0.05, 0.1) is 12.7 Å². The number of fused-ring (bicyclic) bond motifs is 2. The predicted molar refractivity (Wildman–Crippen MR) is 148 cm³/mol. The Hall–Kier alpha value is -1.59. The molecule has 0 aliphatic carbocycles. The van der Waals surface area contributed by atoms with E-state index in [9.17, 15) is 5.53 Å². The molecule has 2 aliphatic rings. The van der Waals surface area contributed by atoms with Crippen LogP contribution >= 0.6 is 15.9 Å². The van der Waals surface area contributed by atoms with Gasteiger partial charge >= 0.3 is 17.1 Å². The van der Waals surface area contributed by atoms with Crippen LogP contribution in [0.15, 0.2) is 16.2 Å². The fourth-order valence-corrected chi connectivity index (χ4v) is 17.4. The number of ether oxygens (including phenoxy) is 1. The largest absolute Gasteiger partial charge is 0.414 e. The molecule has 2 aromatic heterocycles. The molecule has 0 radical (unpaired) electrons. The first kappa shape index (κ1) is 28.4. The smallest absolute Gasteiger partial charge is 0.335 e. The Kier molecular flexibility index (Phi) is 8.09. The van der Waals surface area contributed by atoms with E-state index in [2.05, 4.69) is 96.3 Å². The van der Waals surface area contributed by atoms with Crippen molar-refractivity contribution in [3.8, 4) is 0 Å². The minimum absolute atomic E-state index is 0.123. The summed E-state index contributed by atoms with van der Waals surface area (Å²) in [6.07, 6.45) is -0.438. The van der Waals surface area contributed by atoms with E-state index in [1.165, 1.54) is 6.33 Å². The van der Waals surface area contributed by atoms with Gasteiger partial charge in [-0.25, -0.2) is 15.0 Å². The molecule has 37 heavy (non-hydrogen) atoms. The van der Waals surface area contributed by atoms with E-state index < -0.39 is 41.6 Å². The van der Waals surface area contributed by atoms with E-state index in [-0.39, 0.29) is 34.6 Å². The SMILES string of the molecule is CC(C)[Si]1(C(C)C)OC[C@H]2O[C@@H](n3c(Br)nc4c(N)ncnc43)[C@@H](N=[N+]=[N-])[C@@H]2O[Si](C(C)C)(C(C)C)O1. The van der Waals surface area contributed by atoms with Gasteiger partial charge in [0.25, 0.3) is 0 Å². The summed E-state index contributed by atoms with van der Waals surface area (Å²) in [6, 6.07) is -0.719. The molecule has 2 aliphatic heterocycles. The van der Waals surface area contributed by atoms with Crippen molar-refractivity contribution < 1.29 is 17.7 Å². The lowest BCUT2D eigenvalue weighted by Crippen LogP contribution is -2.65. The molecule has 0 amide bonds. The average Bonchev–Trinajstić information content (AvgIpc) is 3.30. The number of halogens is 1. The van der Waals surface area contributed by atoms with Crippen molar-refractivity contribution in [1.82, 2.24) is 19.5 Å². The molecule has 12 nitrogen and oxygen atoms in total. The van der Waals surface area contributed by atoms with Crippen molar-refractivity contribution in [2.75, 3.05) is 12.3 Å². The Morgan fingerprint density at radius 2 is 1.70 bits per heavy atom. The van der Waals surface area contributed by atoms with Gasteiger partial charge in [0.2, 0.25) is 0 Å². The summed E-state index contributed by atoms with van der Waals surface area (Å²) < 4.78 is 30.0. The summed E-state index contributed by atoms with van der Waals surface area (Å²) >= 11 is 3.52. The van der Waals surface area contributed by atoms with Crippen LogP contribution in [0.4, 0.5) is 5.82 Å². The molecule has 15 heteroatoms. The van der Waals surface area contributed by atoms with E-state index in [0.29, 0.717) is 15.9 Å². The van der Waals surface area contributed by atoms with Gasteiger partial charge in [-0.15, -0.1) is 0 Å². The number of aromatic nitrogens is 4. The van der Waals surface area contributed by atoms with Gasteiger partial charge in [0.15, 0.2) is 21.7 Å². The summed E-state index contributed by atoms with van der Waals surface area (Å²) in [5, 5.41) is 4.19. The first-order valence-electron chi connectivity index (χ1n) is 12.7. The van der Waals surface area contributed by atoms with Crippen molar-refractivity contribution in [1.29, 1.82) is 0 Å². The number of nitrogen functional groups attached to an aromatic ring is 1. The lowest BCUT2D eigenvalue weighted by molar-refractivity contribution is -0.0551. The minimum Gasteiger partial charge on any atom is -0.414 e. The maximum atomic E-state index is 9.58. The van der Waals surface area contributed by atoms with Gasteiger partial charge in [0.1, 0.15) is 24.7 Å². The highest BCUT2D eigenvalue weighted by Gasteiger charge is 2.62. The standard InChI is InChI=1S/C22H37BrN8O4Si2/c1-11(2)36(12(3)4)32-9-15-18(34-37(35-36,13(5)6)14(7)8)16(29-30-25)21(33-15)31-20-17(28-22(31)23)19(24)26-10-27-20/h10-16,18,21H,9H2,1-8H3,(H2,24,26,27)/t15-,16+,18-,21-/m1/s1. The third-order valence-electron chi connectivity index (χ3n) is 7.54. The van der Waals surface area contributed by atoms with Crippen molar-refractivity contribution in [2.24, 2.45) is 5.11 Å². The lowest BCUT2D eigenvalue weighted by Gasteiger charge is -2.51. The van der Waals surface area contributed by atoms with Crippen LogP contribution in [0.2, 0.25) is 22.2 Å². The van der Waals surface area contributed by atoms with E-state index >= 15 is 0 Å². The third-order valence-corrected chi connectivity index (χ3v) is 18.4. The number of imidazole rings is 1. The molecule has 0 bridgehead atoms. The zero-order chi connectivity index (χ0) is 27.3. The Bertz CT molecular complexity index is 1170. The minimum atomic E-state index is -2.94. The molecular weight excluding hydrogens is 576 g/mol. The summed E-state index contributed by atoms with van der Waals surface area (Å²) in [4.78, 5) is 16.1. The molecule has 0 unspecified atom stereocenters. The molecule has 2 N–H and O–H groups in total. The molecule has 2 fully saturated rings. The zero-order valence-corrected chi connectivity index (χ0v) is 26.2. The van der Waals surface area contributed by atoms with Crippen molar-refractivity contribution in [2.45, 2.75) is 102 Å². The molecule has 4 heterocycles. The molecule has 0 aromatic carbocycles. The van der Waals surface area contributed by atoms with E-state index in [0.717, 1.165) is 0 Å². The fraction of sp³-hybridized carbons (Fsp3) is 0.773. The molecule has 4 rings (SSSR count). The zero-order valence-electron chi connectivity index (χ0n) is 22.6. The fourth-order valence-electron chi connectivity index (χ4n) is 5.66. The van der Waals surface area contributed by atoms with Crippen molar-refractivity contribution in [3.63, 3.8) is 0 Å². The molecule has 2 saturated heterocycles. The van der Waals surface area contributed by atoms with Crippen LogP contribution in [0, 0.1) is 0 Å². The van der Waals surface area contributed by atoms with Gasteiger partial charge in [-0.2, -0.15) is 0 Å². The number of nitrogens with two attached hydrogens (primary N) is 1. The van der Waals surface area contributed by atoms with Gasteiger partial charge < -0.3 is 23.4 Å². The van der Waals surface area contributed by atoms with E-state index in [1.807, 2.05) is 0 Å². The van der Waals surface area contributed by atoms with E-state index in [1.54, 1.807) is 4.57 Å². The highest BCUT2D eigenvalue weighted by Crippen LogP contribution is 2.49. The van der Waals surface area contributed by atoms with E-state index in [4.69, 9.17) is 23.4 Å². The van der Waals surface area contributed by atoms with Gasteiger partial charge in [-0.3, -0.25) is 4.57 Å². The lowest BCUT2D eigenvalue weighted by atomic mass is 10.1. The number of hydrogen-bond donors (Lipinski definition) is 1. The van der Waals surface area contributed by atoms with Gasteiger partial charge in [-0.05, 0) is 43.6 Å². The Labute approximate surface area is 227 Å². The number of azide groups is 1. The molecule has 2 aromatic rings. The average molecular weight is 614 g/mol. The summed E-state index contributed by atoms with van der Waals surface area (Å²) in [5.41, 5.74) is 17.2. The summed E-state index contributed by atoms with van der Waals surface area (Å²) in [5.74, 6) is 0.248. The highest BCUT2D eigenvalue weighted by molar-refractivity contribution is 9.10. The molecule has 4 atom stereocenters. The molecule has 0 spiro atoms. The second kappa shape index (κ2) is 10.5. The van der Waals surface area contributed by atoms with Gasteiger partial charge in [-0.1, -0.05) is 60.5 Å². The number of anilines is 1. The highest BCUT2D eigenvalue weighted by atomic mass is 79.9. The van der Waals surface area contributed by atoms with Crippen LogP contribution in [0.5, 0.6) is 0 Å². The Balaban J connectivity index is 1.87. The van der Waals surface area contributed by atoms with Crippen LogP contribution in [-0.4, -0.2) is 61.5 Å². The van der Waals surface area contributed by atoms with Crippen LogP contribution in [0.3, 0.4) is 0 Å². The van der Waals surface area contributed by atoms with Gasteiger partial charge in [0, 0.05) is 4.91 Å². The number of rotatable bonds is 6. The quantitative estimate of drug-likeness (QED) is 0.143. The van der Waals surface area contributed by atoms with Crippen LogP contribution in [0.1, 0.15) is 61.6 Å². The Morgan fingerprint density at radius 1 is 1.08 bits per heavy atom. The number of nitrogens with zero attached hydrogens (tertiary/aromatic N) is 7. The number of hydrogen-bond acceptors (Lipinski definition) is 9. The maximum Gasteiger partial charge on any atom is 0.335 e. The monoisotopic (exact) mass is 612 g/mol. The second-order valence-corrected chi connectivity index (χ2v) is 20.6. The predicted octanol–water partition coefficient (Wildman–Crippen LogP) is 5.70. The van der Waals surface area contributed by atoms with Crippen LogP contribution in [-0.2, 0) is 17.7 Å². The van der Waals surface area contributed by atoms with Crippen molar-refractivity contribution >= 4 is 50.0 Å². The Morgan fingerprint density at radius 3 is 2.27 bits per heavy atom. The maximum absolute atomic E-state index is 9.58. The molecular formula is C22H37BrN8O4Si2. The summed E-state index contributed by atoms with van der Waals surface area (Å²) in [7, 11) is -5.68. The first-order chi connectivity index (χ1) is 17.4. The van der Waals surface area contributed by atoms with Crippen molar-refractivity contribution in [3.05, 3.63) is 21.5 Å².